The van der Waals surface area contributed by atoms with Gasteiger partial charge in [-0.15, -0.1) is 0 Å². The number of anilines is 1. The van der Waals surface area contributed by atoms with Crippen LogP contribution in [0.3, 0.4) is 0 Å². The van der Waals surface area contributed by atoms with E-state index in [1.807, 2.05) is 0 Å². The number of hydrogen-bond acceptors (Lipinski definition) is 8. The van der Waals surface area contributed by atoms with Crippen molar-refractivity contribution >= 4 is 33.3 Å². The van der Waals surface area contributed by atoms with Gasteiger partial charge in [0.05, 0.1) is 29.5 Å². The molecule has 31 heavy (non-hydrogen) atoms. The first kappa shape index (κ1) is 23.9. The van der Waals surface area contributed by atoms with E-state index >= 15 is 0 Å². The maximum Gasteiger partial charge on any atom is 0.332 e. The normalized spacial score (nSPS) is 28.2. The summed E-state index contributed by atoms with van der Waals surface area (Å²) in [6.07, 6.45) is -3.30. The number of nitrogens with one attached hydrogen (secondary N) is 1. The highest BCUT2D eigenvalue weighted by atomic mass is 35.5. The third-order valence-electron chi connectivity index (χ3n) is 5.09. The van der Waals surface area contributed by atoms with E-state index in [0.717, 1.165) is 24.3 Å². The Kier molecular flexibility index (Phi) is 6.91. The van der Waals surface area contributed by atoms with Gasteiger partial charge in [-0.1, -0.05) is 11.6 Å². The molecule has 1 spiro atoms. The number of hydrogen-bond donors (Lipinski definition) is 5. The molecule has 1 saturated heterocycles. The predicted molar refractivity (Wildman–Crippen MR) is 105 cm³/mol. The number of halogens is 2. The van der Waals surface area contributed by atoms with Crippen molar-refractivity contribution in [2.75, 3.05) is 17.9 Å². The first-order valence-corrected chi connectivity index (χ1v) is 11.1. The molecule has 13 heteroatoms. The number of carboxylic acids is 1. The highest BCUT2D eigenvalue weighted by molar-refractivity contribution is 7.93. The van der Waals surface area contributed by atoms with E-state index in [9.17, 15) is 32.9 Å². The molecule has 172 valence electrons. The molecule has 5 N–H and O–H groups in total. The number of benzene rings is 1. The second-order valence-corrected chi connectivity index (χ2v) is 9.49. The molecule has 10 nitrogen and oxygen atoms in total. The Morgan fingerprint density at radius 3 is 2.71 bits per heavy atom. The van der Waals surface area contributed by atoms with Gasteiger partial charge in [0, 0.05) is 6.42 Å². The lowest BCUT2D eigenvalue weighted by molar-refractivity contribution is -0.163. The summed E-state index contributed by atoms with van der Waals surface area (Å²) in [7, 11) is -4.30. The molecule has 0 saturated carbocycles. The van der Waals surface area contributed by atoms with Crippen LogP contribution in [-0.4, -0.2) is 77.4 Å². The van der Waals surface area contributed by atoms with Crippen molar-refractivity contribution in [1.29, 1.82) is 0 Å². The van der Waals surface area contributed by atoms with Crippen molar-refractivity contribution in [3.05, 3.63) is 40.7 Å². The average molecular weight is 482 g/mol. The van der Waals surface area contributed by atoms with Crippen molar-refractivity contribution in [1.82, 2.24) is 0 Å². The monoisotopic (exact) mass is 481 g/mol. The summed E-state index contributed by atoms with van der Waals surface area (Å²) in [4.78, 5) is 11.8. The summed E-state index contributed by atoms with van der Waals surface area (Å²) >= 11 is 5.86. The lowest BCUT2D eigenvalue weighted by atomic mass is 9.94. The largest absolute Gasteiger partial charge is 0.478 e. The second-order valence-electron chi connectivity index (χ2n) is 7.22. The molecule has 1 aromatic rings. The minimum Gasteiger partial charge on any atom is -0.478 e. The number of aliphatic hydroxyl groups excluding tert-OH is 3. The minimum absolute atomic E-state index is 0.0645. The van der Waals surface area contributed by atoms with E-state index in [1.54, 1.807) is 0 Å². The summed E-state index contributed by atoms with van der Waals surface area (Å²) in [5.74, 6) is -3.79. The molecule has 3 rings (SSSR count). The van der Waals surface area contributed by atoms with E-state index < -0.39 is 63.3 Å². The Balaban J connectivity index is 1.85. The molecular formula is C18H21ClFNO9S. The quantitative estimate of drug-likeness (QED) is 0.366. The summed E-state index contributed by atoms with van der Waals surface area (Å²) in [5.41, 5.74) is -0.627. The highest BCUT2D eigenvalue weighted by Crippen LogP contribution is 2.40. The van der Waals surface area contributed by atoms with Crippen LogP contribution in [0.1, 0.15) is 12.8 Å². The summed E-state index contributed by atoms with van der Waals surface area (Å²) < 4.78 is 52.2. The van der Waals surface area contributed by atoms with Crippen LogP contribution in [0, 0.1) is 5.82 Å². The molecule has 0 bridgehead atoms. The Morgan fingerprint density at radius 1 is 1.39 bits per heavy atom. The van der Waals surface area contributed by atoms with E-state index in [-0.39, 0.29) is 30.2 Å². The third kappa shape index (κ3) is 5.00. The molecule has 3 unspecified atom stereocenters. The molecule has 0 aromatic heterocycles. The molecule has 2 aliphatic rings. The number of ether oxygens (including phenoxy) is 2. The van der Waals surface area contributed by atoms with Gasteiger partial charge in [0.1, 0.15) is 29.4 Å². The molecule has 1 fully saturated rings. The van der Waals surface area contributed by atoms with Gasteiger partial charge < -0.3 is 29.9 Å². The predicted octanol–water partition coefficient (Wildman–Crippen LogP) is 0.220. The van der Waals surface area contributed by atoms with Crippen LogP contribution in [0.5, 0.6) is 0 Å². The Bertz CT molecular complexity index is 988. The fraction of sp³-hybridized carbons (Fsp3) is 0.500. The van der Waals surface area contributed by atoms with Crippen LogP contribution in [0.2, 0.25) is 5.02 Å². The summed E-state index contributed by atoms with van der Waals surface area (Å²) in [6.45, 7) is -0.926. The van der Waals surface area contributed by atoms with Crippen molar-refractivity contribution in [3.8, 4) is 0 Å². The minimum atomic E-state index is -4.30. The molecule has 0 amide bonds. The molecule has 1 heterocycles. The molecule has 0 radical (unpaired) electrons. The average Bonchev–Trinajstić information content (AvgIpc) is 3.11. The fourth-order valence-corrected chi connectivity index (χ4v) is 5.32. The summed E-state index contributed by atoms with van der Waals surface area (Å²) in [5, 5.41) is 36.5. The maximum atomic E-state index is 13.2. The van der Waals surface area contributed by atoms with E-state index in [4.69, 9.17) is 26.2 Å². The number of aliphatic hydroxyl groups is 3. The van der Waals surface area contributed by atoms with Crippen molar-refractivity contribution < 1.29 is 47.5 Å². The zero-order valence-corrected chi connectivity index (χ0v) is 17.5. The van der Waals surface area contributed by atoms with Crippen molar-refractivity contribution in [2.45, 2.75) is 42.2 Å². The summed E-state index contributed by atoms with van der Waals surface area (Å²) in [6, 6.07) is 3.03. The maximum absolute atomic E-state index is 13.2. The Morgan fingerprint density at radius 2 is 2.10 bits per heavy atom. The van der Waals surface area contributed by atoms with Gasteiger partial charge in [0.25, 0.3) is 0 Å². The van der Waals surface area contributed by atoms with Gasteiger partial charge >= 0.3 is 5.97 Å². The van der Waals surface area contributed by atoms with Crippen molar-refractivity contribution in [3.63, 3.8) is 0 Å². The number of sulfonamides is 1. The van der Waals surface area contributed by atoms with E-state index in [1.165, 1.54) is 0 Å². The van der Waals surface area contributed by atoms with Crippen LogP contribution in [0.4, 0.5) is 10.1 Å². The highest BCUT2D eigenvalue weighted by Gasteiger charge is 2.50. The van der Waals surface area contributed by atoms with Gasteiger partial charge in [-0.2, -0.15) is 0 Å². The van der Waals surface area contributed by atoms with Gasteiger partial charge in [0.15, 0.2) is 5.79 Å². The molecule has 1 aliphatic heterocycles. The second kappa shape index (κ2) is 8.98. The SMILES string of the molecule is O=C(O)C1=CC2(CCC1S(=O)(=O)Nc1ccc(F)cc1Cl)OC[C@H](C(O)[C@H](O)CO)O2. The topological polar surface area (TPSA) is 163 Å². The zero-order chi connectivity index (χ0) is 23.0. The fourth-order valence-electron chi connectivity index (χ4n) is 3.49. The number of carbonyl (C=O) groups is 1. The smallest absolute Gasteiger partial charge is 0.332 e. The van der Waals surface area contributed by atoms with Crippen LogP contribution in [-0.2, 0) is 24.3 Å². The number of rotatable bonds is 7. The van der Waals surface area contributed by atoms with Crippen LogP contribution in [0.25, 0.3) is 0 Å². The molecule has 5 atom stereocenters. The third-order valence-corrected chi connectivity index (χ3v) is 7.14. The zero-order valence-electron chi connectivity index (χ0n) is 15.9. The van der Waals surface area contributed by atoms with Crippen LogP contribution >= 0.6 is 11.6 Å². The first-order valence-electron chi connectivity index (χ1n) is 9.19. The van der Waals surface area contributed by atoms with E-state index in [2.05, 4.69) is 4.72 Å². The van der Waals surface area contributed by atoms with Crippen LogP contribution < -0.4 is 4.72 Å². The Labute approximate surface area is 181 Å². The Hall–Kier alpha value is -1.80. The van der Waals surface area contributed by atoms with Gasteiger partial charge in [-0.05, 0) is 30.7 Å². The first-order chi connectivity index (χ1) is 14.5. The van der Waals surface area contributed by atoms with Gasteiger partial charge in [0.2, 0.25) is 10.0 Å². The molecule has 1 aliphatic carbocycles. The number of carboxylic acid groups (broad SMARTS) is 1. The number of aliphatic carboxylic acids is 1. The lowest BCUT2D eigenvalue weighted by Gasteiger charge is -2.33. The van der Waals surface area contributed by atoms with Crippen LogP contribution in [0.15, 0.2) is 29.8 Å². The van der Waals surface area contributed by atoms with E-state index in [0.29, 0.717) is 0 Å². The van der Waals surface area contributed by atoms with Crippen molar-refractivity contribution in [2.24, 2.45) is 0 Å². The standard InChI is InChI=1S/C18H21ClFNO9S/c19-11-5-9(20)1-2-12(11)21-31(27,28)15-3-4-18(6-10(15)17(25)26)29-8-14(30-18)16(24)13(23)7-22/h1-2,5-6,13-16,21-24H,3-4,7-8H2,(H,25,26)/t13-,14-,15?,16?,18?/m1/s1. The molecular weight excluding hydrogens is 461 g/mol. The van der Waals surface area contributed by atoms with Gasteiger partial charge in [-0.25, -0.2) is 17.6 Å². The lowest BCUT2D eigenvalue weighted by Crippen LogP contribution is -2.44. The van der Waals surface area contributed by atoms with Gasteiger partial charge in [-0.3, -0.25) is 4.72 Å². The molecule has 1 aromatic carbocycles.